The summed E-state index contributed by atoms with van der Waals surface area (Å²) < 4.78 is 10.8. The third kappa shape index (κ3) is 9.25. The number of rotatable bonds is 12. The zero-order valence-corrected chi connectivity index (χ0v) is 17.3. The number of nitrogens with one attached hydrogen (secondary N) is 2. The number of guanidine groups is 1. The van der Waals surface area contributed by atoms with E-state index in [0.717, 1.165) is 30.8 Å². The average Bonchev–Trinajstić information content (AvgIpc) is 3.26. The maximum atomic E-state index is 12.3. The Morgan fingerprint density at radius 2 is 2.17 bits per heavy atom. The van der Waals surface area contributed by atoms with Gasteiger partial charge in [-0.1, -0.05) is 6.07 Å². The molecular formula is C21H31N5O3. The van der Waals surface area contributed by atoms with E-state index >= 15 is 0 Å². The number of ether oxygens (including phenoxy) is 1. The molecule has 0 atom stereocenters. The van der Waals surface area contributed by atoms with Crippen LogP contribution >= 0.6 is 0 Å². The van der Waals surface area contributed by atoms with Gasteiger partial charge in [-0.15, -0.1) is 0 Å². The SMILES string of the molecule is CCNC(=NCC(=O)N(C)CCc1ccccn1)NCCCOCc1ccco1. The second-order valence-electron chi connectivity index (χ2n) is 6.49. The molecule has 1 amide bonds. The molecule has 0 aliphatic carbocycles. The molecule has 0 aromatic carbocycles. The molecule has 2 N–H and O–H groups in total. The van der Waals surface area contributed by atoms with Crippen LogP contribution in [0, 0.1) is 0 Å². The zero-order chi connectivity index (χ0) is 20.7. The summed E-state index contributed by atoms with van der Waals surface area (Å²) in [5, 5.41) is 6.37. The van der Waals surface area contributed by atoms with Crippen molar-refractivity contribution in [2.45, 2.75) is 26.4 Å². The second kappa shape index (κ2) is 13.3. The van der Waals surface area contributed by atoms with Crippen molar-refractivity contribution >= 4 is 11.9 Å². The molecule has 0 aliphatic heterocycles. The van der Waals surface area contributed by atoms with Crippen LogP contribution in [0.4, 0.5) is 0 Å². The minimum atomic E-state index is -0.0279. The Morgan fingerprint density at radius 1 is 1.28 bits per heavy atom. The topological polar surface area (TPSA) is 92.0 Å². The largest absolute Gasteiger partial charge is 0.467 e. The van der Waals surface area contributed by atoms with Crippen LogP contribution < -0.4 is 10.6 Å². The summed E-state index contributed by atoms with van der Waals surface area (Å²) in [5.41, 5.74) is 0.972. The molecule has 0 fully saturated rings. The summed E-state index contributed by atoms with van der Waals surface area (Å²) in [6.45, 7) is 5.22. The van der Waals surface area contributed by atoms with Crippen LogP contribution in [0.1, 0.15) is 24.8 Å². The van der Waals surface area contributed by atoms with Crippen LogP contribution in [0.15, 0.2) is 52.2 Å². The first-order chi connectivity index (χ1) is 14.2. The van der Waals surface area contributed by atoms with Crippen molar-refractivity contribution < 1.29 is 13.9 Å². The summed E-state index contributed by atoms with van der Waals surface area (Å²) >= 11 is 0. The molecule has 2 heterocycles. The van der Waals surface area contributed by atoms with Crippen molar-refractivity contribution in [3.05, 3.63) is 54.2 Å². The van der Waals surface area contributed by atoms with Gasteiger partial charge < -0.3 is 24.7 Å². The number of pyridine rings is 1. The smallest absolute Gasteiger partial charge is 0.244 e. The Bertz CT molecular complexity index is 719. The minimum absolute atomic E-state index is 0.0279. The monoisotopic (exact) mass is 401 g/mol. The lowest BCUT2D eigenvalue weighted by Gasteiger charge is -2.16. The minimum Gasteiger partial charge on any atom is -0.467 e. The highest BCUT2D eigenvalue weighted by Gasteiger charge is 2.09. The lowest BCUT2D eigenvalue weighted by molar-refractivity contribution is -0.128. The quantitative estimate of drug-likeness (QED) is 0.320. The van der Waals surface area contributed by atoms with Crippen LogP contribution in [0.3, 0.4) is 0 Å². The Kier molecular flexibility index (Phi) is 10.3. The molecule has 0 unspecified atom stereocenters. The number of aromatic nitrogens is 1. The highest BCUT2D eigenvalue weighted by atomic mass is 16.5. The number of likely N-dealkylation sites (N-methyl/N-ethyl adjacent to an activating group) is 1. The molecule has 158 valence electrons. The van der Waals surface area contributed by atoms with Crippen molar-refractivity contribution in [1.29, 1.82) is 0 Å². The second-order valence-corrected chi connectivity index (χ2v) is 6.49. The molecule has 2 aromatic heterocycles. The number of carbonyl (C=O) groups excluding carboxylic acids is 1. The van der Waals surface area contributed by atoms with Crippen molar-refractivity contribution in [2.24, 2.45) is 4.99 Å². The fourth-order valence-electron chi connectivity index (χ4n) is 2.51. The van der Waals surface area contributed by atoms with Gasteiger partial charge >= 0.3 is 0 Å². The first-order valence-corrected chi connectivity index (χ1v) is 9.95. The van der Waals surface area contributed by atoms with E-state index in [0.29, 0.717) is 32.3 Å². The molecular weight excluding hydrogens is 370 g/mol. The zero-order valence-electron chi connectivity index (χ0n) is 17.3. The van der Waals surface area contributed by atoms with E-state index < -0.39 is 0 Å². The normalized spacial score (nSPS) is 11.3. The number of nitrogens with zero attached hydrogens (tertiary/aromatic N) is 3. The van der Waals surface area contributed by atoms with E-state index in [1.165, 1.54) is 0 Å². The van der Waals surface area contributed by atoms with E-state index in [-0.39, 0.29) is 12.5 Å². The fourth-order valence-corrected chi connectivity index (χ4v) is 2.51. The van der Waals surface area contributed by atoms with Gasteiger partial charge in [0.2, 0.25) is 5.91 Å². The third-order valence-corrected chi connectivity index (χ3v) is 4.15. The summed E-state index contributed by atoms with van der Waals surface area (Å²) in [4.78, 5) is 22.7. The number of hydrogen-bond donors (Lipinski definition) is 2. The number of carbonyl (C=O) groups is 1. The lowest BCUT2D eigenvalue weighted by Crippen LogP contribution is -2.39. The molecule has 0 radical (unpaired) electrons. The van der Waals surface area contributed by atoms with Gasteiger partial charge in [0.05, 0.1) is 6.26 Å². The van der Waals surface area contributed by atoms with E-state index in [2.05, 4.69) is 20.6 Å². The molecule has 8 heteroatoms. The van der Waals surface area contributed by atoms with Gasteiger partial charge in [0.1, 0.15) is 18.9 Å². The van der Waals surface area contributed by atoms with Gasteiger partial charge in [0, 0.05) is 51.6 Å². The first-order valence-electron chi connectivity index (χ1n) is 9.95. The van der Waals surface area contributed by atoms with E-state index in [4.69, 9.17) is 9.15 Å². The number of aliphatic imine (C=N–C) groups is 1. The summed E-state index contributed by atoms with van der Waals surface area (Å²) in [7, 11) is 1.79. The predicted molar refractivity (Wildman–Crippen MR) is 113 cm³/mol. The Balaban J connectivity index is 1.64. The van der Waals surface area contributed by atoms with Gasteiger partial charge in [-0.25, -0.2) is 4.99 Å². The van der Waals surface area contributed by atoms with Crippen LogP contribution in [0.5, 0.6) is 0 Å². The van der Waals surface area contributed by atoms with Gasteiger partial charge in [0.15, 0.2) is 5.96 Å². The highest BCUT2D eigenvalue weighted by molar-refractivity contribution is 5.84. The third-order valence-electron chi connectivity index (χ3n) is 4.15. The maximum absolute atomic E-state index is 12.3. The summed E-state index contributed by atoms with van der Waals surface area (Å²) in [6.07, 6.45) is 4.95. The Labute approximate surface area is 172 Å². The number of furan rings is 1. The molecule has 0 aliphatic rings. The van der Waals surface area contributed by atoms with Crippen LogP contribution in [0.25, 0.3) is 0 Å². The molecule has 2 aromatic rings. The predicted octanol–water partition coefficient (Wildman–Crippen LogP) is 1.84. The molecule has 0 saturated heterocycles. The fraction of sp³-hybridized carbons (Fsp3) is 0.476. The van der Waals surface area contributed by atoms with E-state index in [1.54, 1.807) is 24.4 Å². The molecule has 0 spiro atoms. The number of amides is 1. The van der Waals surface area contributed by atoms with Gasteiger partial charge in [-0.2, -0.15) is 0 Å². The van der Waals surface area contributed by atoms with E-state index in [9.17, 15) is 4.79 Å². The summed E-state index contributed by atoms with van der Waals surface area (Å²) in [5.74, 6) is 1.42. The number of hydrogen-bond acceptors (Lipinski definition) is 5. The molecule has 0 saturated carbocycles. The first kappa shape index (κ1) is 22.4. The van der Waals surface area contributed by atoms with E-state index in [1.807, 2.05) is 37.3 Å². The molecule has 29 heavy (non-hydrogen) atoms. The molecule has 8 nitrogen and oxygen atoms in total. The van der Waals surface area contributed by atoms with Gasteiger partial charge in [-0.05, 0) is 37.6 Å². The Morgan fingerprint density at radius 3 is 2.90 bits per heavy atom. The van der Waals surface area contributed by atoms with Gasteiger partial charge in [0.25, 0.3) is 0 Å². The standard InChI is InChI=1S/C21H31N5O3/c1-3-22-21(24-12-7-14-28-17-19-9-6-15-29-19)25-16-20(27)26(2)13-10-18-8-4-5-11-23-18/h4-6,8-9,11,15H,3,7,10,12-14,16-17H2,1-2H3,(H2,22,24,25). The molecule has 2 rings (SSSR count). The molecule has 0 bridgehead atoms. The summed E-state index contributed by atoms with van der Waals surface area (Å²) in [6, 6.07) is 9.52. The van der Waals surface area contributed by atoms with Crippen LogP contribution in [0.2, 0.25) is 0 Å². The van der Waals surface area contributed by atoms with Crippen molar-refractivity contribution in [2.75, 3.05) is 39.8 Å². The van der Waals surface area contributed by atoms with Crippen molar-refractivity contribution in [1.82, 2.24) is 20.5 Å². The lowest BCUT2D eigenvalue weighted by atomic mass is 10.2. The van der Waals surface area contributed by atoms with Crippen molar-refractivity contribution in [3.63, 3.8) is 0 Å². The Hall–Kier alpha value is -2.87. The van der Waals surface area contributed by atoms with Gasteiger partial charge in [-0.3, -0.25) is 9.78 Å². The average molecular weight is 402 g/mol. The van der Waals surface area contributed by atoms with Crippen molar-refractivity contribution in [3.8, 4) is 0 Å². The highest BCUT2D eigenvalue weighted by Crippen LogP contribution is 2.01. The van der Waals surface area contributed by atoms with Crippen LogP contribution in [-0.2, 0) is 22.6 Å². The maximum Gasteiger partial charge on any atom is 0.244 e. The van der Waals surface area contributed by atoms with Crippen LogP contribution in [-0.4, -0.2) is 61.6 Å².